The van der Waals surface area contributed by atoms with Gasteiger partial charge in [0.2, 0.25) is 0 Å². The third-order valence-corrected chi connectivity index (χ3v) is 5.83. The van der Waals surface area contributed by atoms with Crippen LogP contribution >= 0.6 is 11.3 Å². The minimum absolute atomic E-state index is 0.521. The summed E-state index contributed by atoms with van der Waals surface area (Å²) in [4.78, 5) is 21.0. The number of carbonyl (C=O) groups is 1. The summed E-state index contributed by atoms with van der Waals surface area (Å²) >= 11 is 1.60. The molecule has 0 spiro atoms. The maximum atomic E-state index is 11.6. The summed E-state index contributed by atoms with van der Waals surface area (Å²) < 4.78 is 0. The lowest BCUT2D eigenvalue weighted by Gasteiger charge is -2.31. The monoisotopic (exact) mass is 341 g/mol. The number of benzene rings is 1. The molecule has 2 aliphatic heterocycles. The SMILES string of the molecule is O=Cc1ccc(-c2cscn2)cc1N1CCC[C@H]1CN1CCCC1. The molecule has 0 aliphatic carbocycles. The van der Waals surface area contributed by atoms with Crippen molar-refractivity contribution in [2.75, 3.05) is 31.1 Å². The summed E-state index contributed by atoms with van der Waals surface area (Å²) in [6.07, 6.45) is 6.07. The first-order valence-corrected chi connectivity index (χ1v) is 9.76. The molecule has 0 saturated carbocycles. The molecule has 4 nitrogen and oxygen atoms in total. The van der Waals surface area contributed by atoms with Crippen LogP contribution in [0.5, 0.6) is 0 Å². The lowest BCUT2D eigenvalue weighted by atomic mass is 10.1. The van der Waals surface area contributed by atoms with E-state index in [2.05, 4.69) is 26.2 Å². The Bertz CT molecular complexity index is 695. The molecule has 2 aromatic rings. The molecule has 0 bridgehead atoms. The topological polar surface area (TPSA) is 36.4 Å². The number of hydrogen-bond acceptors (Lipinski definition) is 5. The molecule has 2 aliphatic rings. The van der Waals surface area contributed by atoms with Crippen LogP contribution in [0.3, 0.4) is 0 Å². The fourth-order valence-electron chi connectivity index (χ4n) is 4.01. The van der Waals surface area contributed by atoms with E-state index in [1.807, 2.05) is 17.6 Å². The minimum Gasteiger partial charge on any atom is -0.367 e. The second-order valence-electron chi connectivity index (χ2n) is 6.76. The van der Waals surface area contributed by atoms with E-state index in [0.717, 1.165) is 41.9 Å². The predicted octanol–water partition coefficient (Wildman–Crippen LogP) is 3.69. The summed E-state index contributed by atoms with van der Waals surface area (Å²) in [6.45, 7) is 4.62. The lowest BCUT2D eigenvalue weighted by molar-refractivity contribution is 0.112. The molecule has 1 atom stereocenters. The molecule has 1 aromatic carbocycles. The van der Waals surface area contributed by atoms with E-state index >= 15 is 0 Å². The Morgan fingerprint density at radius 2 is 2.08 bits per heavy atom. The quantitative estimate of drug-likeness (QED) is 0.777. The highest BCUT2D eigenvalue weighted by Gasteiger charge is 2.29. The molecule has 126 valence electrons. The van der Waals surface area contributed by atoms with Crippen LogP contribution < -0.4 is 4.90 Å². The van der Waals surface area contributed by atoms with Gasteiger partial charge in [0.05, 0.1) is 11.2 Å². The highest BCUT2D eigenvalue weighted by atomic mass is 32.1. The number of aldehydes is 1. The first-order valence-electron chi connectivity index (χ1n) is 8.82. The summed E-state index contributed by atoms with van der Waals surface area (Å²) in [5, 5.41) is 2.06. The number of anilines is 1. The average Bonchev–Trinajstić information content (AvgIpc) is 3.37. The maximum Gasteiger partial charge on any atom is 0.152 e. The Balaban J connectivity index is 1.63. The van der Waals surface area contributed by atoms with Gasteiger partial charge in [-0.05, 0) is 50.9 Å². The van der Waals surface area contributed by atoms with Gasteiger partial charge in [-0.2, -0.15) is 0 Å². The second kappa shape index (κ2) is 7.03. The van der Waals surface area contributed by atoms with Gasteiger partial charge in [0.1, 0.15) is 0 Å². The fourth-order valence-corrected chi connectivity index (χ4v) is 4.57. The largest absolute Gasteiger partial charge is 0.367 e. The smallest absolute Gasteiger partial charge is 0.152 e. The van der Waals surface area contributed by atoms with Crippen LogP contribution in [0.25, 0.3) is 11.3 Å². The Labute approximate surface area is 147 Å². The number of nitrogens with zero attached hydrogens (tertiary/aromatic N) is 3. The number of aromatic nitrogens is 1. The molecule has 24 heavy (non-hydrogen) atoms. The normalized spacial score (nSPS) is 21.5. The Hall–Kier alpha value is -1.72. The number of rotatable bonds is 5. The van der Waals surface area contributed by atoms with Crippen molar-refractivity contribution in [1.82, 2.24) is 9.88 Å². The van der Waals surface area contributed by atoms with Crippen molar-refractivity contribution in [2.24, 2.45) is 0 Å². The zero-order valence-corrected chi connectivity index (χ0v) is 14.7. The Morgan fingerprint density at radius 1 is 1.21 bits per heavy atom. The third kappa shape index (κ3) is 3.10. The Kier molecular flexibility index (Phi) is 4.63. The van der Waals surface area contributed by atoms with Gasteiger partial charge in [-0.1, -0.05) is 6.07 Å². The number of thiazole rings is 1. The first kappa shape index (κ1) is 15.8. The second-order valence-corrected chi connectivity index (χ2v) is 7.48. The van der Waals surface area contributed by atoms with E-state index in [1.165, 1.54) is 38.8 Å². The molecule has 4 rings (SSSR count). The van der Waals surface area contributed by atoms with Crippen LogP contribution in [0, 0.1) is 0 Å². The zero-order chi connectivity index (χ0) is 16.4. The van der Waals surface area contributed by atoms with Gasteiger partial charge < -0.3 is 9.80 Å². The van der Waals surface area contributed by atoms with Gasteiger partial charge in [0.15, 0.2) is 6.29 Å². The lowest BCUT2D eigenvalue weighted by Crippen LogP contribution is -2.39. The van der Waals surface area contributed by atoms with Gasteiger partial charge in [-0.15, -0.1) is 11.3 Å². The molecule has 2 fully saturated rings. The maximum absolute atomic E-state index is 11.6. The van der Waals surface area contributed by atoms with Crippen molar-refractivity contribution >= 4 is 23.3 Å². The number of carbonyl (C=O) groups excluding carboxylic acids is 1. The van der Waals surface area contributed by atoms with E-state index in [-0.39, 0.29) is 0 Å². The van der Waals surface area contributed by atoms with Crippen LogP contribution in [0.4, 0.5) is 5.69 Å². The third-order valence-electron chi connectivity index (χ3n) is 5.24. The van der Waals surface area contributed by atoms with Gasteiger partial charge in [-0.3, -0.25) is 4.79 Å². The van der Waals surface area contributed by atoms with Gasteiger partial charge >= 0.3 is 0 Å². The molecule has 3 heterocycles. The van der Waals surface area contributed by atoms with Crippen molar-refractivity contribution in [3.8, 4) is 11.3 Å². The van der Waals surface area contributed by atoms with E-state index in [0.29, 0.717) is 6.04 Å². The molecule has 0 unspecified atom stereocenters. The minimum atomic E-state index is 0.521. The van der Waals surface area contributed by atoms with Crippen LogP contribution in [-0.2, 0) is 0 Å². The predicted molar refractivity (Wildman–Crippen MR) is 99.0 cm³/mol. The molecule has 0 N–H and O–H groups in total. The fraction of sp³-hybridized carbons (Fsp3) is 0.474. The van der Waals surface area contributed by atoms with Crippen LogP contribution in [-0.4, -0.2) is 48.4 Å². The summed E-state index contributed by atoms with van der Waals surface area (Å²) in [7, 11) is 0. The Morgan fingerprint density at radius 3 is 2.83 bits per heavy atom. The van der Waals surface area contributed by atoms with Gasteiger partial charge in [0, 0.05) is 41.3 Å². The van der Waals surface area contributed by atoms with E-state index in [1.54, 1.807) is 11.3 Å². The van der Waals surface area contributed by atoms with Crippen molar-refractivity contribution in [3.05, 3.63) is 34.7 Å². The highest BCUT2D eigenvalue weighted by Crippen LogP contribution is 2.33. The zero-order valence-electron chi connectivity index (χ0n) is 13.9. The summed E-state index contributed by atoms with van der Waals surface area (Å²) in [6, 6.07) is 6.63. The number of hydrogen-bond donors (Lipinski definition) is 0. The molecule has 2 saturated heterocycles. The van der Waals surface area contributed by atoms with E-state index in [4.69, 9.17) is 0 Å². The molecule has 5 heteroatoms. The van der Waals surface area contributed by atoms with Crippen molar-refractivity contribution in [2.45, 2.75) is 31.7 Å². The van der Waals surface area contributed by atoms with Crippen molar-refractivity contribution in [3.63, 3.8) is 0 Å². The highest BCUT2D eigenvalue weighted by molar-refractivity contribution is 7.07. The van der Waals surface area contributed by atoms with Gasteiger partial charge in [-0.25, -0.2) is 4.98 Å². The average molecular weight is 341 g/mol. The standard InChI is InChI=1S/C19H23N3OS/c23-12-16-6-5-15(18-13-24-14-20-18)10-19(16)22-9-3-4-17(22)11-21-7-1-2-8-21/h5-6,10,12-14,17H,1-4,7-9,11H2/t17-/m0/s1. The summed E-state index contributed by atoms with van der Waals surface area (Å²) in [5.74, 6) is 0. The first-order chi connectivity index (χ1) is 11.8. The van der Waals surface area contributed by atoms with Crippen LogP contribution in [0.2, 0.25) is 0 Å². The van der Waals surface area contributed by atoms with Crippen molar-refractivity contribution in [1.29, 1.82) is 0 Å². The van der Waals surface area contributed by atoms with Crippen molar-refractivity contribution < 1.29 is 4.79 Å². The molecular formula is C19H23N3OS. The molecule has 1 aromatic heterocycles. The molecule has 0 amide bonds. The van der Waals surface area contributed by atoms with Crippen LogP contribution in [0.15, 0.2) is 29.1 Å². The van der Waals surface area contributed by atoms with Gasteiger partial charge in [0.25, 0.3) is 0 Å². The van der Waals surface area contributed by atoms with E-state index < -0.39 is 0 Å². The summed E-state index contributed by atoms with van der Waals surface area (Å²) in [5.41, 5.74) is 5.83. The molecular weight excluding hydrogens is 318 g/mol. The van der Waals surface area contributed by atoms with E-state index in [9.17, 15) is 4.79 Å². The van der Waals surface area contributed by atoms with Crippen LogP contribution in [0.1, 0.15) is 36.0 Å². The molecule has 0 radical (unpaired) electrons. The number of likely N-dealkylation sites (tertiary alicyclic amines) is 1.